The lowest BCUT2D eigenvalue weighted by Gasteiger charge is -2.51. The number of fused-ring (bicyclic) bond motifs is 4. The van der Waals surface area contributed by atoms with Gasteiger partial charge in [-0.1, -0.05) is 13.8 Å². The molecule has 3 rings (SSSR count). The molecule has 11 heteroatoms. The van der Waals surface area contributed by atoms with Crippen LogP contribution in [0.25, 0.3) is 0 Å². The van der Waals surface area contributed by atoms with E-state index < -0.39 is 82.9 Å². The van der Waals surface area contributed by atoms with E-state index >= 15 is 0 Å². The van der Waals surface area contributed by atoms with E-state index in [2.05, 4.69) is 0 Å². The summed E-state index contributed by atoms with van der Waals surface area (Å²) in [5.74, 6) is -4.10. The number of hydrogen-bond donors (Lipinski definition) is 0. The van der Waals surface area contributed by atoms with E-state index in [1.165, 1.54) is 34.6 Å². The van der Waals surface area contributed by atoms with E-state index in [-0.39, 0.29) is 19.3 Å². The van der Waals surface area contributed by atoms with Crippen LogP contribution in [0.1, 0.15) is 81.6 Å². The van der Waals surface area contributed by atoms with Gasteiger partial charge in [-0.25, -0.2) is 0 Å². The predicted octanol–water partition coefficient (Wildman–Crippen LogP) is 3.32. The summed E-state index contributed by atoms with van der Waals surface area (Å²) in [6, 6.07) is 0. The number of rotatable bonds is 5. The first-order valence-corrected chi connectivity index (χ1v) is 13.7. The molecule has 226 valence electrons. The summed E-state index contributed by atoms with van der Waals surface area (Å²) in [5, 5.41) is 0. The summed E-state index contributed by atoms with van der Waals surface area (Å²) < 4.78 is 28.5. The van der Waals surface area contributed by atoms with Gasteiger partial charge >= 0.3 is 29.8 Å². The third-order valence-corrected chi connectivity index (χ3v) is 8.47. The fourth-order valence-corrected chi connectivity index (χ4v) is 6.73. The van der Waals surface area contributed by atoms with Gasteiger partial charge in [0.15, 0.2) is 11.9 Å². The Morgan fingerprint density at radius 1 is 0.732 bits per heavy atom. The minimum atomic E-state index is -1.43. The summed E-state index contributed by atoms with van der Waals surface area (Å²) >= 11 is 0. The third-order valence-electron chi connectivity index (χ3n) is 8.47. The van der Waals surface area contributed by atoms with Crippen molar-refractivity contribution in [2.75, 3.05) is 0 Å². The molecule has 0 amide bonds. The molecular weight excluding hydrogens is 536 g/mol. The van der Waals surface area contributed by atoms with Gasteiger partial charge in [-0.15, -0.1) is 0 Å². The lowest BCUT2D eigenvalue weighted by Crippen LogP contribution is -2.57. The zero-order valence-corrected chi connectivity index (χ0v) is 25.2. The van der Waals surface area contributed by atoms with E-state index in [1.807, 2.05) is 13.8 Å². The Hall–Kier alpha value is -3.50. The average molecular weight is 577 g/mol. The van der Waals surface area contributed by atoms with Gasteiger partial charge in [0.25, 0.3) is 0 Å². The quantitative estimate of drug-likeness (QED) is 0.269. The first kappa shape index (κ1) is 32.0. The van der Waals surface area contributed by atoms with Crippen LogP contribution in [0, 0.1) is 16.7 Å². The minimum absolute atomic E-state index is 0.0237. The fourth-order valence-electron chi connectivity index (χ4n) is 6.73. The monoisotopic (exact) mass is 576 g/mol. The predicted molar refractivity (Wildman–Crippen MR) is 143 cm³/mol. The van der Waals surface area contributed by atoms with Crippen molar-refractivity contribution in [3.63, 3.8) is 0 Å². The molecular formula is C30H40O11. The van der Waals surface area contributed by atoms with E-state index in [0.29, 0.717) is 16.7 Å². The van der Waals surface area contributed by atoms with Crippen LogP contribution in [0.5, 0.6) is 0 Å². The Morgan fingerprint density at radius 3 is 1.76 bits per heavy atom. The van der Waals surface area contributed by atoms with E-state index in [4.69, 9.17) is 23.7 Å². The highest BCUT2D eigenvalue weighted by atomic mass is 16.6. The zero-order chi connectivity index (χ0) is 31.0. The highest BCUT2D eigenvalue weighted by molar-refractivity contribution is 5.94. The average Bonchev–Trinajstić information content (AvgIpc) is 2.80. The molecule has 0 radical (unpaired) electrons. The van der Waals surface area contributed by atoms with Crippen molar-refractivity contribution in [1.29, 1.82) is 0 Å². The molecule has 0 spiro atoms. The molecule has 0 heterocycles. The Balaban J connectivity index is 2.41. The Labute approximate surface area is 239 Å². The molecule has 3 aliphatic rings. The summed E-state index contributed by atoms with van der Waals surface area (Å²) in [6.45, 7) is 13.2. The van der Waals surface area contributed by atoms with Gasteiger partial charge < -0.3 is 23.7 Å². The van der Waals surface area contributed by atoms with Gasteiger partial charge in [0, 0.05) is 47.0 Å². The van der Waals surface area contributed by atoms with Gasteiger partial charge in [0.05, 0.1) is 5.41 Å². The van der Waals surface area contributed by atoms with E-state index in [1.54, 1.807) is 19.9 Å². The fraction of sp³-hybridized carbons (Fsp3) is 0.667. The van der Waals surface area contributed by atoms with Crippen molar-refractivity contribution in [2.45, 2.75) is 112 Å². The maximum atomic E-state index is 14.6. The maximum absolute atomic E-state index is 14.6. The van der Waals surface area contributed by atoms with Crippen LogP contribution in [-0.2, 0) is 52.5 Å². The number of esters is 5. The van der Waals surface area contributed by atoms with Crippen molar-refractivity contribution < 1.29 is 52.5 Å². The molecule has 0 saturated heterocycles. The molecule has 0 aromatic rings. The number of ether oxygens (including phenoxy) is 5. The van der Waals surface area contributed by atoms with Crippen LogP contribution in [0.3, 0.4) is 0 Å². The van der Waals surface area contributed by atoms with Crippen LogP contribution in [0.4, 0.5) is 0 Å². The molecule has 0 aromatic carbocycles. The smallest absolute Gasteiger partial charge is 0.303 e. The molecule has 11 nitrogen and oxygen atoms in total. The number of Topliss-reactive ketones (excluding diaryl/α,β-unsaturated/α-hetero) is 1. The first-order chi connectivity index (χ1) is 18.9. The number of ketones is 1. The standard InChI is InChI=1S/C30H40O11/c1-14-22(37-15(2)31)11-21-24(39-17(4)33)10-20-13-30(9,25(40-18(5)34)12-23(20)38-16(3)32)28(36)27(41-19(6)35)26(14)29(21,7)8/h10,21-25,27H,11-13H2,1-9H3/t21-,22-,23-,24-,25-,27+,30-/m0/s1. The van der Waals surface area contributed by atoms with Crippen molar-refractivity contribution in [2.24, 2.45) is 16.7 Å². The number of carbonyl (C=O) groups excluding carboxylic acids is 6. The topological polar surface area (TPSA) is 149 Å². The Bertz CT molecular complexity index is 1210. The normalized spacial score (nSPS) is 32.6. The summed E-state index contributed by atoms with van der Waals surface area (Å²) in [7, 11) is 0. The van der Waals surface area contributed by atoms with E-state index in [0.717, 1.165) is 0 Å². The summed E-state index contributed by atoms with van der Waals surface area (Å²) in [4.78, 5) is 75.9. The SMILES string of the molecule is CC(=O)O[C@H]1C(=O)[C@@]2(C)CC(=C[C@H](OC(C)=O)[C@@H]3C[C@H](OC(C)=O)C(C)=C1C3(C)C)[C@@H](OC(C)=O)C[C@@H]2OC(C)=O. The highest BCUT2D eigenvalue weighted by Gasteiger charge is 2.58. The van der Waals surface area contributed by atoms with Crippen LogP contribution < -0.4 is 0 Å². The lowest BCUT2D eigenvalue weighted by molar-refractivity contribution is -0.173. The van der Waals surface area contributed by atoms with Crippen molar-refractivity contribution in [3.05, 3.63) is 22.8 Å². The largest absolute Gasteiger partial charge is 0.461 e. The van der Waals surface area contributed by atoms with Crippen molar-refractivity contribution in [3.8, 4) is 0 Å². The van der Waals surface area contributed by atoms with Crippen LogP contribution in [-0.4, -0.2) is 66.1 Å². The molecule has 0 N–H and O–H groups in total. The lowest BCUT2D eigenvalue weighted by atomic mass is 9.57. The molecule has 0 aliphatic heterocycles. The second-order valence-corrected chi connectivity index (χ2v) is 12.0. The molecule has 1 fully saturated rings. The van der Waals surface area contributed by atoms with Gasteiger partial charge in [0.1, 0.15) is 24.4 Å². The third kappa shape index (κ3) is 6.54. The van der Waals surface area contributed by atoms with Gasteiger partial charge in [-0.3, -0.25) is 28.8 Å². The van der Waals surface area contributed by atoms with Crippen LogP contribution in [0.2, 0.25) is 0 Å². The van der Waals surface area contributed by atoms with Gasteiger partial charge in [-0.2, -0.15) is 0 Å². The van der Waals surface area contributed by atoms with Gasteiger partial charge in [0.2, 0.25) is 0 Å². The summed E-state index contributed by atoms with van der Waals surface area (Å²) in [5.41, 5.74) is -0.877. The van der Waals surface area contributed by atoms with Gasteiger partial charge in [-0.05, 0) is 54.9 Å². The maximum Gasteiger partial charge on any atom is 0.303 e. The Morgan fingerprint density at radius 2 is 1.24 bits per heavy atom. The molecule has 3 aliphatic carbocycles. The molecule has 4 bridgehead atoms. The second kappa shape index (κ2) is 11.8. The van der Waals surface area contributed by atoms with Crippen molar-refractivity contribution in [1.82, 2.24) is 0 Å². The second-order valence-electron chi connectivity index (χ2n) is 12.0. The summed E-state index contributed by atoms with van der Waals surface area (Å²) in [6.07, 6.45) is -3.14. The molecule has 41 heavy (non-hydrogen) atoms. The zero-order valence-electron chi connectivity index (χ0n) is 25.2. The number of hydrogen-bond acceptors (Lipinski definition) is 11. The molecule has 0 unspecified atom stereocenters. The highest BCUT2D eigenvalue weighted by Crippen LogP contribution is 2.54. The Kier molecular flexibility index (Phi) is 9.20. The van der Waals surface area contributed by atoms with E-state index in [9.17, 15) is 28.8 Å². The van der Waals surface area contributed by atoms with Crippen LogP contribution in [0.15, 0.2) is 22.8 Å². The van der Waals surface area contributed by atoms with Crippen molar-refractivity contribution >= 4 is 35.6 Å². The molecule has 0 aromatic heterocycles. The first-order valence-electron chi connectivity index (χ1n) is 13.7. The minimum Gasteiger partial charge on any atom is -0.461 e. The van der Waals surface area contributed by atoms with Crippen LogP contribution >= 0.6 is 0 Å². The molecule has 7 atom stereocenters. The number of carbonyl (C=O) groups is 6. The molecule has 1 saturated carbocycles.